The average molecular weight is 453 g/mol. The summed E-state index contributed by atoms with van der Waals surface area (Å²) in [4.78, 5) is 29.8. The van der Waals surface area contributed by atoms with Crippen molar-refractivity contribution in [2.75, 3.05) is 31.1 Å². The minimum Gasteiger partial charge on any atom is -0.507 e. The molecule has 2 fully saturated rings. The van der Waals surface area contributed by atoms with Crippen molar-refractivity contribution >= 4 is 17.4 Å². The van der Waals surface area contributed by atoms with E-state index in [0.29, 0.717) is 19.7 Å². The number of allylic oxidation sites excluding steroid dienone is 4. The number of carbonyl (C=O) groups excluding carboxylic acids is 1. The van der Waals surface area contributed by atoms with E-state index in [1.165, 1.54) is 6.08 Å². The summed E-state index contributed by atoms with van der Waals surface area (Å²) in [5.41, 5.74) is 2.10. The first-order valence-corrected chi connectivity index (χ1v) is 11.6. The first-order chi connectivity index (χ1) is 15.8. The van der Waals surface area contributed by atoms with E-state index in [-0.39, 0.29) is 41.3 Å². The lowest BCUT2D eigenvalue weighted by Crippen LogP contribution is -2.42. The molecule has 2 saturated heterocycles. The smallest absolute Gasteiger partial charge is 0.331 e. The molecule has 0 bridgehead atoms. The number of aliphatic hydroxyl groups excluding tert-OH is 1. The van der Waals surface area contributed by atoms with Crippen molar-refractivity contribution in [2.45, 2.75) is 45.3 Å². The summed E-state index contributed by atoms with van der Waals surface area (Å²) in [6.45, 7) is 6.71. The first-order valence-electron chi connectivity index (χ1n) is 11.6. The number of para-hydroxylation sites is 1. The second-order valence-electron chi connectivity index (χ2n) is 9.10. The molecule has 176 valence electrons. The van der Waals surface area contributed by atoms with Crippen LogP contribution in [0.5, 0.6) is 0 Å². The Kier molecular flexibility index (Phi) is 6.88. The molecular formula is C26H32N2O5. The number of hydrogen-bond donors (Lipinski definition) is 2. The molecule has 2 heterocycles. The van der Waals surface area contributed by atoms with E-state index < -0.39 is 11.9 Å². The maximum Gasteiger partial charge on any atom is 0.331 e. The third-order valence-electron chi connectivity index (χ3n) is 6.85. The van der Waals surface area contributed by atoms with Crippen LogP contribution in [0.3, 0.4) is 0 Å². The molecule has 0 amide bonds. The molecule has 33 heavy (non-hydrogen) atoms. The molecule has 2 unspecified atom stereocenters. The fourth-order valence-electron chi connectivity index (χ4n) is 5.15. The Morgan fingerprint density at radius 3 is 2.64 bits per heavy atom. The van der Waals surface area contributed by atoms with Crippen LogP contribution in [0.25, 0.3) is 0 Å². The van der Waals surface area contributed by atoms with E-state index in [0.717, 1.165) is 30.8 Å². The molecule has 1 aliphatic carbocycles. The number of carboxylic acid groups (broad SMARTS) is 1. The number of aliphatic carboxylic acids is 1. The molecular weight excluding hydrogens is 420 g/mol. The molecule has 0 spiro atoms. The third kappa shape index (κ3) is 4.98. The summed E-state index contributed by atoms with van der Waals surface area (Å²) in [6, 6.07) is 9.82. The number of carboxylic acids is 1. The zero-order valence-corrected chi connectivity index (χ0v) is 19.2. The summed E-state index contributed by atoms with van der Waals surface area (Å²) in [7, 11) is 0. The van der Waals surface area contributed by atoms with Gasteiger partial charge in [-0.05, 0) is 57.4 Å². The zero-order chi connectivity index (χ0) is 23.5. The monoisotopic (exact) mass is 452 g/mol. The molecule has 0 aromatic heterocycles. The highest BCUT2D eigenvalue weighted by molar-refractivity contribution is 6.06. The van der Waals surface area contributed by atoms with Crippen LogP contribution in [0.1, 0.15) is 33.1 Å². The molecule has 2 N–H and O–H groups in total. The Balaban J connectivity index is 1.65. The predicted octanol–water partition coefficient (Wildman–Crippen LogP) is 3.69. The number of ketones is 1. The van der Waals surface area contributed by atoms with Gasteiger partial charge >= 0.3 is 5.97 Å². The fourth-order valence-corrected chi connectivity index (χ4v) is 5.15. The van der Waals surface area contributed by atoms with Gasteiger partial charge in [-0.25, -0.2) is 4.79 Å². The zero-order valence-electron chi connectivity index (χ0n) is 19.2. The second-order valence-corrected chi connectivity index (χ2v) is 9.10. The summed E-state index contributed by atoms with van der Waals surface area (Å²) >= 11 is 0. The van der Waals surface area contributed by atoms with E-state index in [1.807, 2.05) is 44.2 Å². The van der Waals surface area contributed by atoms with Crippen LogP contribution in [0.2, 0.25) is 0 Å². The summed E-state index contributed by atoms with van der Waals surface area (Å²) < 4.78 is 5.58. The van der Waals surface area contributed by atoms with Gasteiger partial charge in [0.2, 0.25) is 0 Å². The van der Waals surface area contributed by atoms with Gasteiger partial charge in [0.15, 0.2) is 5.78 Å². The van der Waals surface area contributed by atoms with Crippen molar-refractivity contribution in [1.82, 2.24) is 4.90 Å². The minimum atomic E-state index is -1.05. The third-order valence-corrected chi connectivity index (χ3v) is 6.85. The molecule has 4 rings (SSSR count). The Bertz CT molecular complexity index is 997. The molecule has 1 aromatic carbocycles. The second kappa shape index (κ2) is 9.83. The number of anilines is 1. The first kappa shape index (κ1) is 23.1. The van der Waals surface area contributed by atoms with E-state index in [9.17, 15) is 19.8 Å². The molecule has 0 saturated carbocycles. The summed E-state index contributed by atoms with van der Waals surface area (Å²) in [6.07, 6.45) is 4.93. The topological polar surface area (TPSA) is 90.3 Å². The highest BCUT2D eigenvalue weighted by atomic mass is 16.5. The van der Waals surface area contributed by atoms with E-state index in [2.05, 4.69) is 9.80 Å². The van der Waals surface area contributed by atoms with Crippen LogP contribution >= 0.6 is 0 Å². The Morgan fingerprint density at radius 1 is 1.18 bits per heavy atom. The van der Waals surface area contributed by atoms with Crippen LogP contribution in [0.15, 0.2) is 65.1 Å². The Morgan fingerprint density at radius 2 is 1.94 bits per heavy atom. The number of aliphatic hydroxyl groups is 1. The lowest BCUT2D eigenvalue weighted by molar-refractivity contribution is -0.133. The standard InChI is InChI=1S/C26H32N2O5/c1-17(27-11-12-33-18(2)16-27)13-24(29)22-15-19(26(31)32)14-21(25(22)30)23-9-6-10-28(23)20-7-4-3-5-8-20/h3-5,7-8,13,15,18,21,23,29H,6,9-12,14,16H2,1-2H3,(H,31,32)/b17-13+,24-22?/t18-,21?,23?/m1/s1. The normalized spacial score (nSPS) is 28.1. The maximum atomic E-state index is 13.6. The number of benzene rings is 1. The van der Waals surface area contributed by atoms with Crippen LogP contribution in [0.4, 0.5) is 5.69 Å². The molecule has 7 nitrogen and oxygen atoms in total. The number of hydrogen-bond acceptors (Lipinski definition) is 6. The molecule has 7 heteroatoms. The quantitative estimate of drug-likeness (QED) is 0.520. The number of nitrogens with zero attached hydrogens (tertiary/aromatic N) is 2. The predicted molar refractivity (Wildman–Crippen MR) is 126 cm³/mol. The maximum absolute atomic E-state index is 13.6. The van der Waals surface area contributed by atoms with Crippen molar-refractivity contribution < 1.29 is 24.5 Å². The molecule has 3 aliphatic rings. The Labute approximate surface area is 194 Å². The SMILES string of the molecule is C/C(=C\C(O)=C1C=C(C(=O)O)CC(C2CCCN2c2ccccc2)C1=O)N1CCO[C@H](C)C1. The lowest BCUT2D eigenvalue weighted by Gasteiger charge is -2.35. The lowest BCUT2D eigenvalue weighted by atomic mass is 9.78. The van der Waals surface area contributed by atoms with Gasteiger partial charge in [0.25, 0.3) is 0 Å². The fraction of sp³-hybridized carbons (Fsp3) is 0.462. The number of morpholine rings is 1. The van der Waals surface area contributed by atoms with Crippen molar-refractivity contribution in [3.8, 4) is 0 Å². The van der Waals surface area contributed by atoms with Gasteiger partial charge in [-0.15, -0.1) is 0 Å². The van der Waals surface area contributed by atoms with E-state index >= 15 is 0 Å². The highest BCUT2D eigenvalue weighted by Crippen LogP contribution is 2.37. The van der Waals surface area contributed by atoms with Gasteiger partial charge in [-0.2, -0.15) is 0 Å². The van der Waals surface area contributed by atoms with Crippen molar-refractivity contribution in [3.05, 3.63) is 65.1 Å². The highest BCUT2D eigenvalue weighted by Gasteiger charge is 2.41. The minimum absolute atomic E-state index is 0.0856. The van der Waals surface area contributed by atoms with Crippen molar-refractivity contribution in [3.63, 3.8) is 0 Å². The van der Waals surface area contributed by atoms with Crippen LogP contribution in [-0.4, -0.2) is 65.3 Å². The molecule has 3 atom stereocenters. The summed E-state index contributed by atoms with van der Waals surface area (Å²) in [5, 5.41) is 20.7. The molecule has 2 aliphatic heterocycles. The number of Topliss-reactive ketones (excluding diaryl/α,β-unsaturated/α-hetero) is 1. The number of carbonyl (C=O) groups is 2. The van der Waals surface area contributed by atoms with Gasteiger partial charge in [-0.3, -0.25) is 4.79 Å². The largest absolute Gasteiger partial charge is 0.507 e. The van der Waals surface area contributed by atoms with Crippen LogP contribution in [-0.2, 0) is 14.3 Å². The van der Waals surface area contributed by atoms with Crippen LogP contribution in [0, 0.1) is 5.92 Å². The average Bonchev–Trinajstić information content (AvgIpc) is 3.29. The van der Waals surface area contributed by atoms with Gasteiger partial charge < -0.3 is 24.7 Å². The van der Waals surface area contributed by atoms with Crippen LogP contribution < -0.4 is 4.90 Å². The van der Waals surface area contributed by atoms with Crippen molar-refractivity contribution in [2.24, 2.45) is 5.92 Å². The molecule has 0 radical (unpaired) electrons. The number of rotatable bonds is 5. The van der Waals surface area contributed by atoms with Gasteiger partial charge in [0.1, 0.15) is 5.76 Å². The van der Waals surface area contributed by atoms with Crippen molar-refractivity contribution in [1.29, 1.82) is 0 Å². The molecule has 1 aromatic rings. The van der Waals surface area contributed by atoms with E-state index in [4.69, 9.17) is 4.74 Å². The van der Waals surface area contributed by atoms with E-state index in [1.54, 1.807) is 6.08 Å². The number of ether oxygens (including phenoxy) is 1. The summed E-state index contributed by atoms with van der Waals surface area (Å²) in [5.74, 6) is -1.93. The van der Waals surface area contributed by atoms with Gasteiger partial charge in [-0.1, -0.05) is 18.2 Å². The van der Waals surface area contributed by atoms with Gasteiger partial charge in [0, 0.05) is 48.6 Å². The van der Waals surface area contributed by atoms with Gasteiger partial charge in [0.05, 0.1) is 18.3 Å². The Hall–Kier alpha value is -3.06.